The number of unbranched alkanes of at least 4 members (excludes halogenated alkanes) is 6. The number of aliphatic carboxylic acids is 2. The Morgan fingerprint density at radius 2 is 1.22 bits per heavy atom. The highest BCUT2D eigenvalue weighted by atomic mass is 16.4. The molecule has 0 heterocycles. The Labute approximate surface area is 108 Å². The van der Waals surface area contributed by atoms with Crippen molar-refractivity contribution in [3.8, 4) is 0 Å². The molecule has 3 N–H and O–H groups in total. The summed E-state index contributed by atoms with van der Waals surface area (Å²) in [7, 11) is 0. The Morgan fingerprint density at radius 1 is 0.833 bits per heavy atom. The minimum Gasteiger partial charge on any atom is -0.478 e. The van der Waals surface area contributed by atoms with Gasteiger partial charge in [-0.1, -0.05) is 45.4 Å². The normalized spacial score (nSPS) is 9.89. The summed E-state index contributed by atoms with van der Waals surface area (Å²) in [4.78, 5) is 19.1. The predicted molar refractivity (Wildman–Crippen MR) is 69.5 cm³/mol. The zero-order chi connectivity index (χ0) is 14.2. The fraction of sp³-hybridized carbons (Fsp3) is 0.692. The monoisotopic (exact) mass is 260 g/mol. The smallest absolute Gasteiger partial charge is 0.328 e. The molecule has 0 bridgehead atoms. The largest absolute Gasteiger partial charge is 0.478 e. The molecule has 0 aromatic heterocycles. The fourth-order valence-electron chi connectivity index (χ4n) is 1.21. The van der Waals surface area contributed by atoms with Crippen molar-refractivity contribution < 1.29 is 24.9 Å². The first-order valence-electron chi connectivity index (χ1n) is 6.29. The van der Waals surface area contributed by atoms with Crippen LogP contribution in [0.25, 0.3) is 0 Å². The van der Waals surface area contributed by atoms with Gasteiger partial charge in [-0.3, -0.25) is 0 Å². The van der Waals surface area contributed by atoms with E-state index in [-0.39, 0.29) is 0 Å². The summed E-state index contributed by atoms with van der Waals surface area (Å²) in [5.74, 6) is -2.51. The lowest BCUT2D eigenvalue weighted by Crippen LogP contribution is -1.91. The molecule has 0 aliphatic heterocycles. The van der Waals surface area contributed by atoms with Crippen LogP contribution in [0.5, 0.6) is 0 Å². The third-order valence-electron chi connectivity index (χ3n) is 2.13. The van der Waals surface area contributed by atoms with Crippen LogP contribution >= 0.6 is 0 Å². The van der Waals surface area contributed by atoms with Gasteiger partial charge in [0.25, 0.3) is 0 Å². The summed E-state index contributed by atoms with van der Waals surface area (Å²) >= 11 is 0. The van der Waals surface area contributed by atoms with Gasteiger partial charge in [-0.05, 0) is 6.42 Å². The van der Waals surface area contributed by atoms with Crippen LogP contribution in [0.1, 0.15) is 51.9 Å². The number of hydrogen-bond donors (Lipinski definition) is 3. The van der Waals surface area contributed by atoms with Gasteiger partial charge in [-0.2, -0.15) is 0 Å². The molecule has 0 rings (SSSR count). The molecule has 0 aromatic rings. The van der Waals surface area contributed by atoms with Gasteiger partial charge < -0.3 is 15.3 Å². The van der Waals surface area contributed by atoms with E-state index < -0.39 is 11.9 Å². The van der Waals surface area contributed by atoms with Crippen molar-refractivity contribution in [1.82, 2.24) is 0 Å². The van der Waals surface area contributed by atoms with E-state index in [0.29, 0.717) is 18.8 Å². The van der Waals surface area contributed by atoms with Crippen molar-refractivity contribution in [2.75, 3.05) is 6.61 Å². The molecule has 106 valence electrons. The molecule has 5 heteroatoms. The van der Waals surface area contributed by atoms with Crippen molar-refractivity contribution in [1.29, 1.82) is 0 Å². The van der Waals surface area contributed by atoms with Gasteiger partial charge in [0.05, 0.1) is 0 Å². The van der Waals surface area contributed by atoms with E-state index in [2.05, 4.69) is 6.92 Å². The van der Waals surface area contributed by atoms with Gasteiger partial charge in [0, 0.05) is 18.8 Å². The third kappa shape index (κ3) is 24.1. The molecule has 0 amide bonds. The molecule has 0 aromatic carbocycles. The van der Waals surface area contributed by atoms with Gasteiger partial charge in [0.2, 0.25) is 0 Å². The number of rotatable bonds is 9. The first-order valence-corrected chi connectivity index (χ1v) is 6.29. The van der Waals surface area contributed by atoms with Crippen LogP contribution in [0.2, 0.25) is 0 Å². The lowest BCUT2D eigenvalue weighted by molar-refractivity contribution is -0.134. The molecule has 0 spiro atoms. The Morgan fingerprint density at radius 3 is 1.56 bits per heavy atom. The zero-order valence-electron chi connectivity index (χ0n) is 11.0. The minimum atomic E-state index is -1.26. The average Bonchev–Trinajstić information content (AvgIpc) is 2.32. The second-order valence-corrected chi connectivity index (χ2v) is 3.85. The van der Waals surface area contributed by atoms with Crippen LogP contribution in [0.4, 0.5) is 0 Å². The molecule has 0 saturated heterocycles. The Bertz CT molecular complexity index is 212. The number of carboxylic acids is 2. The molecule has 18 heavy (non-hydrogen) atoms. The highest BCUT2D eigenvalue weighted by Crippen LogP contribution is 2.05. The van der Waals surface area contributed by atoms with E-state index in [1.165, 1.54) is 38.5 Å². The van der Waals surface area contributed by atoms with Crippen molar-refractivity contribution >= 4 is 11.9 Å². The van der Waals surface area contributed by atoms with Gasteiger partial charge in [-0.25, -0.2) is 9.59 Å². The molecule has 0 aliphatic rings. The molecule has 0 fully saturated rings. The summed E-state index contributed by atoms with van der Waals surface area (Å²) in [6.45, 7) is 2.60. The second-order valence-electron chi connectivity index (χ2n) is 3.85. The van der Waals surface area contributed by atoms with Crippen LogP contribution < -0.4 is 0 Å². The van der Waals surface area contributed by atoms with E-state index in [4.69, 9.17) is 15.3 Å². The quantitative estimate of drug-likeness (QED) is 0.437. The van der Waals surface area contributed by atoms with Gasteiger partial charge in [-0.15, -0.1) is 0 Å². The van der Waals surface area contributed by atoms with E-state index in [1.807, 2.05) is 0 Å². The SMILES string of the molecule is CCCCCCCCCO.O=C(O)/C=C\C(=O)O. The topological polar surface area (TPSA) is 94.8 Å². The number of aliphatic hydroxyl groups is 1. The predicted octanol–water partition coefficient (Wildman–Crippen LogP) is 2.44. The highest BCUT2D eigenvalue weighted by molar-refractivity contribution is 5.89. The Hall–Kier alpha value is -1.36. The number of hydrogen-bond acceptors (Lipinski definition) is 3. The highest BCUT2D eigenvalue weighted by Gasteiger charge is 1.88. The van der Waals surface area contributed by atoms with Crippen LogP contribution in [-0.4, -0.2) is 33.9 Å². The maximum atomic E-state index is 9.55. The molecule has 0 saturated carbocycles. The van der Waals surface area contributed by atoms with Gasteiger partial charge in [0.1, 0.15) is 0 Å². The summed E-state index contributed by atoms with van der Waals surface area (Å²) in [5, 5.41) is 24.1. The lowest BCUT2D eigenvalue weighted by Gasteiger charge is -1.97. The van der Waals surface area contributed by atoms with E-state index >= 15 is 0 Å². The van der Waals surface area contributed by atoms with Crippen LogP contribution in [0, 0.1) is 0 Å². The summed E-state index contributed by atoms with van der Waals surface area (Å²) < 4.78 is 0. The van der Waals surface area contributed by atoms with Crippen LogP contribution in [-0.2, 0) is 9.59 Å². The van der Waals surface area contributed by atoms with Gasteiger partial charge >= 0.3 is 11.9 Å². The molecule has 0 atom stereocenters. The molecule has 0 radical (unpaired) electrons. The molecule has 5 nitrogen and oxygen atoms in total. The Kier molecular flexibility index (Phi) is 16.5. The standard InChI is InChI=1S/C9H20O.C4H4O4/c1-2-3-4-5-6-7-8-9-10;5-3(6)1-2-4(7)8/h10H,2-9H2,1H3;1-2H,(H,5,6)(H,7,8)/b;2-1-. The maximum Gasteiger partial charge on any atom is 0.328 e. The van der Waals surface area contributed by atoms with Crippen LogP contribution in [0.3, 0.4) is 0 Å². The van der Waals surface area contributed by atoms with Gasteiger partial charge in [0.15, 0.2) is 0 Å². The summed E-state index contributed by atoms with van der Waals surface area (Å²) in [6, 6.07) is 0. The van der Waals surface area contributed by atoms with Crippen molar-refractivity contribution in [3.05, 3.63) is 12.2 Å². The van der Waals surface area contributed by atoms with E-state index in [1.54, 1.807) is 0 Å². The second kappa shape index (κ2) is 15.6. The van der Waals surface area contributed by atoms with Crippen LogP contribution in [0.15, 0.2) is 12.2 Å². The minimum absolute atomic E-state index is 0.369. The summed E-state index contributed by atoms with van der Waals surface area (Å²) in [5.41, 5.74) is 0. The first kappa shape index (κ1) is 19.0. The molecule has 0 unspecified atom stereocenters. The van der Waals surface area contributed by atoms with Crippen molar-refractivity contribution in [2.45, 2.75) is 51.9 Å². The average molecular weight is 260 g/mol. The van der Waals surface area contributed by atoms with Crippen molar-refractivity contribution in [3.63, 3.8) is 0 Å². The Balaban J connectivity index is 0. The third-order valence-corrected chi connectivity index (χ3v) is 2.13. The molecular formula is C13H24O5. The molecular weight excluding hydrogens is 236 g/mol. The van der Waals surface area contributed by atoms with E-state index in [0.717, 1.165) is 6.42 Å². The van der Waals surface area contributed by atoms with E-state index in [9.17, 15) is 9.59 Å². The maximum absolute atomic E-state index is 9.55. The lowest BCUT2D eigenvalue weighted by atomic mass is 10.1. The van der Waals surface area contributed by atoms with Crippen molar-refractivity contribution in [2.24, 2.45) is 0 Å². The fourth-order valence-corrected chi connectivity index (χ4v) is 1.21. The summed E-state index contributed by atoms with van der Waals surface area (Å²) in [6.07, 6.45) is 10.0. The number of carbonyl (C=O) groups is 2. The molecule has 0 aliphatic carbocycles. The first-order chi connectivity index (χ1) is 8.54. The number of carboxylic acid groups (broad SMARTS) is 2. The number of aliphatic hydroxyl groups excluding tert-OH is 1. The zero-order valence-corrected chi connectivity index (χ0v) is 11.0.